The van der Waals surface area contributed by atoms with Crippen LogP contribution in [0.4, 0.5) is 28.4 Å². The van der Waals surface area contributed by atoms with Crippen molar-refractivity contribution in [3.8, 4) is 45.4 Å². The first-order valence-corrected chi connectivity index (χ1v) is 26.2. The molecule has 2 aliphatic rings. The number of fused-ring (bicyclic) bond motifs is 2. The molecule has 0 unspecified atom stereocenters. The predicted octanol–water partition coefficient (Wildman–Crippen LogP) is 9.10. The summed E-state index contributed by atoms with van der Waals surface area (Å²) in [6.45, 7) is 10.0. The normalized spacial score (nSPS) is 12.3. The van der Waals surface area contributed by atoms with E-state index < -0.39 is 90.9 Å². The molecule has 0 amide bonds. The second-order valence-corrected chi connectivity index (χ2v) is 22.0. The molecular weight excluding hydrogens is 1020 g/mol. The van der Waals surface area contributed by atoms with Gasteiger partial charge in [0.2, 0.25) is 0 Å². The first kappa shape index (κ1) is 51.7. The third-order valence-corrected chi connectivity index (χ3v) is 15.9. The van der Waals surface area contributed by atoms with E-state index in [1.54, 1.807) is 96.1 Å². The molecule has 8 rings (SSSR count). The molecule has 10 N–H and O–H groups in total. The molecule has 1 aliphatic carbocycles. The van der Waals surface area contributed by atoms with Crippen LogP contribution in [-0.2, 0) is 30.2 Å². The van der Waals surface area contributed by atoms with Crippen molar-refractivity contribution in [2.24, 2.45) is 4.99 Å². The highest BCUT2D eigenvalue weighted by molar-refractivity contribution is 7.93. The van der Waals surface area contributed by atoms with Crippen molar-refractivity contribution in [3.05, 3.63) is 147 Å². The molecule has 74 heavy (non-hydrogen) atoms. The van der Waals surface area contributed by atoms with Crippen molar-refractivity contribution in [1.82, 2.24) is 0 Å². The van der Waals surface area contributed by atoms with Crippen molar-refractivity contribution in [3.63, 3.8) is 0 Å². The Morgan fingerprint density at radius 2 is 1.07 bits per heavy atom. The lowest BCUT2D eigenvalue weighted by Crippen LogP contribution is -2.16. The van der Waals surface area contributed by atoms with E-state index in [4.69, 9.17) is 9.41 Å². The molecule has 0 spiro atoms. The lowest BCUT2D eigenvalue weighted by molar-refractivity contribution is 0.0682. The van der Waals surface area contributed by atoms with E-state index in [-0.39, 0.29) is 33.6 Å². The van der Waals surface area contributed by atoms with Crippen molar-refractivity contribution in [2.75, 3.05) is 14.8 Å². The van der Waals surface area contributed by atoms with Crippen LogP contribution in [0.3, 0.4) is 0 Å². The number of carbonyl (C=O) groups is 2. The number of phenols is 4. The summed E-state index contributed by atoms with van der Waals surface area (Å²) >= 11 is 0. The number of sulfonamides is 2. The molecule has 0 saturated heterocycles. The van der Waals surface area contributed by atoms with Crippen LogP contribution < -0.4 is 20.1 Å². The number of phenolic OH excluding ortho intramolecular Hbond substituents is 2. The van der Waals surface area contributed by atoms with Crippen LogP contribution in [0.5, 0.6) is 23.0 Å². The first-order valence-electron chi connectivity index (χ1n) is 21.8. The Morgan fingerprint density at radius 1 is 0.541 bits per heavy atom. The highest BCUT2D eigenvalue weighted by atomic mass is 32.2. The number of aryl methyl sites for hydroxylation is 4. The summed E-state index contributed by atoms with van der Waals surface area (Å²) in [4.78, 5) is 26.3. The van der Waals surface area contributed by atoms with Crippen LogP contribution in [-0.4, -0.2) is 72.4 Å². The summed E-state index contributed by atoms with van der Waals surface area (Å²) in [6, 6.07) is 21.4. The van der Waals surface area contributed by atoms with Crippen molar-refractivity contribution < 1.29 is 74.5 Å². The molecule has 23 heteroatoms. The van der Waals surface area contributed by atoms with Gasteiger partial charge in [-0.2, -0.15) is 8.42 Å². The van der Waals surface area contributed by atoms with E-state index >= 15 is 0 Å². The molecule has 6 aromatic rings. The van der Waals surface area contributed by atoms with Gasteiger partial charge in [-0.1, -0.05) is 30.3 Å². The minimum Gasteiger partial charge on any atom is -0.507 e. The molecule has 20 nitrogen and oxygen atoms in total. The van der Waals surface area contributed by atoms with Gasteiger partial charge in [0, 0.05) is 57.7 Å². The van der Waals surface area contributed by atoms with E-state index in [0.717, 1.165) is 0 Å². The van der Waals surface area contributed by atoms with Crippen LogP contribution >= 0.6 is 0 Å². The Balaban J connectivity index is 1.25. The summed E-state index contributed by atoms with van der Waals surface area (Å²) in [7, 11) is -14.1. The van der Waals surface area contributed by atoms with Gasteiger partial charge in [-0.25, -0.2) is 31.4 Å². The highest BCUT2D eigenvalue weighted by Gasteiger charge is 2.29. The predicted molar refractivity (Wildman–Crippen MR) is 273 cm³/mol. The Bertz CT molecular complexity index is 4130. The maximum atomic E-state index is 13.7. The smallest absolute Gasteiger partial charge is 0.339 e. The summed E-state index contributed by atoms with van der Waals surface area (Å²) in [5.74, 6) is -6.54. The molecular formula is C51H44N4O16S3. The maximum Gasteiger partial charge on any atom is 0.339 e. The molecule has 0 fully saturated rings. The van der Waals surface area contributed by atoms with Gasteiger partial charge < -0.3 is 40.4 Å². The zero-order valence-electron chi connectivity index (χ0n) is 39.7. The van der Waals surface area contributed by atoms with E-state index in [9.17, 15) is 70.0 Å². The third-order valence-electron chi connectivity index (χ3n) is 12.2. The molecule has 0 bridgehead atoms. The topological polar surface area (TPSA) is 340 Å². The van der Waals surface area contributed by atoms with Gasteiger partial charge in [0.25, 0.3) is 30.2 Å². The lowest BCUT2D eigenvalue weighted by Gasteiger charge is -2.21. The number of hydrogen-bond donors (Lipinski definition) is 10. The third kappa shape index (κ3) is 9.58. The average molecular weight is 1070 g/mol. The van der Waals surface area contributed by atoms with Gasteiger partial charge in [0.05, 0.1) is 22.4 Å². The monoisotopic (exact) mass is 1060 g/mol. The summed E-state index contributed by atoms with van der Waals surface area (Å²) in [6.07, 6.45) is 0. The zero-order valence-corrected chi connectivity index (χ0v) is 42.2. The maximum absolute atomic E-state index is 13.7. The number of benzene rings is 7. The number of aromatic carboxylic acids is 2. The zero-order chi connectivity index (χ0) is 54.1. The molecule has 1 aliphatic heterocycles. The number of carboxylic acid groups (broad SMARTS) is 2. The molecule has 1 heterocycles. The average Bonchev–Trinajstić information content (AvgIpc) is 3.30. The Morgan fingerprint density at radius 3 is 1.62 bits per heavy atom. The van der Waals surface area contributed by atoms with E-state index in [1.807, 2.05) is 0 Å². The number of anilines is 4. The van der Waals surface area contributed by atoms with Crippen LogP contribution in [0.2, 0.25) is 0 Å². The van der Waals surface area contributed by atoms with E-state index in [1.165, 1.54) is 18.2 Å². The van der Waals surface area contributed by atoms with Gasteiger partial charge in [0.1, 0.15) is 60.2 Å². The Labute approximate surface area is 422 Å². The second-order valence-electron chi connectivity index (χ2n) is 17.3. The number of nitrogens with zero attached hydrogens (tertiary/aromatic N) is 1. The Kier molecular flexibility index (Phi) is 13.1. The van der Waals surface area contributed by atoms with Gasteiger partial charge >= 0.3 is 11.9 Å². The van der Waals surface area contributed by atoms with E-state index in [0.29, 0.717) is 91.2 Å². The van der Waals surface area contributed by atoms with E-state index in [2.05, 4.69) is 14.8 Å². The van der Waals surface area contributed by atoms with Gasteiger partial charge in [-0.05, 0) is 117 Å². The molecule has 0 saturated carbocycles. The van der Waals surface area contributed by atoms with Crippen LogP contribution in [0.15, 0.2) is 121 Å². The molecule has 6 aromatic carbocycles. The Hall–Kier alpha value is -8.64. The number of hydrogen-bond acceptors (Lipinski definition) is 15. The van der Waals surface area contributed by atoms with Crippen molar-refractivity contribution in [2.45, 2.75) is 56.2 Å². The molecule has 0 aromatic heterocycles. The fourth-order valence-corrected chi connectivity index (χ4v) is 12.1. The number of rotatable bonds is 13. The van der Waals surface area contributed by atoms with Crippen LogP contribution in [0, 0.1) is 41.5 Å². The molecule has 0 atom stereocenters. The number of carboxylic acids is 2. The lowest BCUT2D eigenvalue weighted by atomic mass is 9.93. The van der Waals surface area contributed by atoms with Gasteiger partial charge in [-0.3, -0.25) is 14.0 Å². The van der Waals surface area contributed by atoms with Gasteiger partial charge in [-0.15, -0.1) is 0 Å². The number of aromatic hydroxyl groups is 4. The highest BCUT2D eigenvalue weighted by Crippen LogP contribution is 2.44. The minimum absolute atomic E-state index is 0.0638. The second kappa shape index (κ2) is 18.8. The first-order chi connectivity index (χ1) is 34.6. The van der Waals surface area contributed by atoms with Crippen molar-refractivity contribution >= 4 is 81.5 Å². The summed E-state index contributed by atoms with van der Waals surface area (Å²) in [5, 5.41) is 64.0. The van der Waals surface area contributed by atoms with Crippen LogP contribution in [0.25, 0.3) is 33.4 Å². The standard InChI is InChI=1S/C51H44N4O16S3/c1-23-15-25(3)48(54-72(64,65)43-19-34(50(60)61)36(56)21-38(43)58)27(5)46(23)52-29-11-13-31-40(17-29)71-41-18-30(12-14-32(41)45(31)33-9-7-8-10-42(33)74(68,69)70)53-47-24(2)16-26(4)49(28(47)6)55-73(66,67)44-20-35(51(62)63)37(57)22-39(44)59/h7-22,52,54-59H,1-6H3,(H,60,61)(H,62,63)(H,68,69,70). The van der Waals surface area contributed by atoms with Crippen LogP contribution in [0.1, 0.15) is 54.1 Å². The minimum atomic E-state index is -4.79. The summed E-state index contributed by atoms with van der Waals surface area (Å²) < 4.78 is 102. The van der Waals surface area contributed by atoms with Gasteiger partial charge in [0.15, 0.2) is 0 Å². The number of nitrogens with one attached hydrogen (secondary N) is 3. The SMILES string of the molecule is Cc1cc(C)c(NS(=O)(=O)c2cc(C(=O)O)c(O)cc2O)c(C)c1N=c1ccc2c(-c3ccccc3S(=O)(=O)O)c3ccc(Nc4c(C)cc(C)c(NS(=O)(=O)c5cc(C(=O)O)c(O)cc5O)c4C)cc3oc-2c1. The fourth-order valence-electron chi connectivity index (χ4n) is 8.79. The summed E-state index contributed by atoms with van der Waals surface area (Å²) in [5.41, 5.74) is 3.77. The molecule has 382 valence electrons. The quantitative estimate of drug-likeness (QED) is 0.0380. The fraction of sp³-hybridized carbons (Fsp3) is 0.118. The largest absolute Gasteiger partial charge is 0.507 e. The molecule has 0 radical (unpaired) electrons. The van der Waals surface area contributed by atoms with Crippen molar-refractivity contribution in [1.29, 1.82) is 0 Å².